The number of carbonyl (C=O) groups excluding carboxylic acids is 2. The molecule has 2 aliphatic heterocycles. The Labute approximate surface area is 183 Å². The molecule has 0 atom stereocenters. The van der Waals surface area contributed by atoms with E-state index in [1.54, 1.807) is 0 Å². The quantitative estimate of drug-likeness (QED) is 0.402. The molecule has 1 aromatic carbocycles. The highest BCUT2D eigenvalue weighted by Crippen LogP contribution is 2.40. The number of nitrogens with one attached hydrogen (secondary N) is 1. The van der Waals surface area contributed by atoms with Crippen molar-refractivity contribution in [1.82, 2.24) is 15.1 Å². The lowest BCUT2D eigenvalue weighted by Gasteiger charge is -2.39. The summed E-state index contributed by atoms with van der Waals surface area (Å²) in [7, 11) is 1.36. The number of hydrogen-bond acceptors (Lipinski definition) is 5. The fourth-order valence-electron chi connectivity index (χ4n) is 4.17. The second-order valence-corrected chi connectivity index (χ2v) is 8.44. The van der Waals surface area contributed by atoms with Gasteiger partial charge in [0.25, 0.3) is 0 Å². The van der Waals surface area contributed by atoms with Crippen molar-refractivity contribution < 1.29 is 19.1 Å². The Bertz CT molecular complexity index is 735. The summed E-state index contributed by atoms with van der Waals surface area (Å²) in [6, 6.07) is 9.68. The second kappa shape index (κ2) is 10.6. The Morgan fingerprint density at radius 3 is 2.43 bits per heavy atom. The summed E-state index contributed by atoms with van der Waals surface area (Å²) in [5, 5.41) is 3.58. The number of benzene rings is 1. The highest BCUT2D eigenvalue weighted by Gasteiger charge is 2.41. The van der Waals surface area contributed by atoms with Crippen molar-refractivity contribution in [2.24, 2.45) is 5.41 Å². The molecular weight excluding hydrogens is 402 g/mol. The molecule has 3 rings (SSSR count). The van der Waals surface area contributed by atoms with Gasteiger partial charge in [0.2, 0.25) is 5.91 Å². The lowest BCUT2D eigenvalue weighted by Crippen LogP contribution is -2.46. The Morgan fingerprint density at radius 2 is 1.77 bits per heavy atom. The van der Waals surface area contributed by atoms with E-state index in [-0.39, 0.29) is 23.8 Å². The van der Waals surface area contributed by atoms with Crippen molar-refractivity contribution in [3.63, 3.8) is 0 Å². The number of methoxy groups -OCH3 is 1. The molecule has 0 aromatic heterocycles. The molecule has 0 radical (unpaired) electrons. The van der Waals surface area contributed by atoms with Crippen LogP contribution in [0, 0.1) is 5.41 Å². The zero-order valence-electron chi connectivity index (χ0n) is 17.6. The number of esters is 1. The predicted octanol–water partition coefficient (Wildman–Crippen LogP) is 2.21. The highest BCUT2D eigenvalue weighted by atomic mass is 32.1. The van der Waals surface area contributed by atoms with Gasteiger partial charge in [-0.2, -0.15) is 0 Å². The Morgan fingerprint density at radius 1 is 1.10 bits per heavy atom. The van der Waals surface area contributed by atoms with Gasteiger partial charge in [0.1, 0.15) is 12.3 Å². The van der Waals surface area contributed by atoms with Crippen molar-refractivity contribution in [3.05, 3.63) is 30.3 Å². The van der Waals surface area contributed by atoms with E-state index in [2.05, 4.69) is 15.0 Å². The van der Waals surface area contributed by atoms with Gasteiger partial charge in [-0.25, -0.2) is 0 Å². The van der Waals surface area contributed by atoms with Gasteiger partial charge in [-0.3, -0.25) is 9.59 Å². The first-order valence-corrected chi connectivity index (χ1v) is 11.0. The van der Waals surface area contributed by atoms with Crippen LogP contribution in [0.2, 0.25) is 0 Å². The summed E-state index contributed by atoms with van der Waals surface area (Å²) in [5.74, 6) is 0.730. The first-order valence-electron chi connectivity index (χ1n) is 10.6. The van der Waals surface area contributed by atoms with Crippen LogP contribution in [0.1, 0.15) is 32.1 Å². The number of para-hydroxylation sites is 1. The molecule has 2 saturated heterocycles. The molecule has 7 nitrogen and oxygen atoms in total. The van der Waals surface area contributed by atoms with E-state index in [9.17, 15) is 9.59 Å². The SMILES string of the molecule is COC(=O)CNC(=S)N1CCC2(CCN(C(=O)CCCOc3ccccc3)CC2)C1. The Balaban J connectivity index is 1.35. The Kier molecular flexibility index (Phi) is 7.90. The molecule has 2 aliphatic rings. The minimum absolute atomic E-state index is 0.0924. The Hall–Kier alpha value is -2.35. The van der Waals surface area contributed by atoms with Crippen LogP contribution in [0.5, 0.6) is 5.75 Å². The van der Waals surface area contributed by atoms with Crippen molar-refractivity contribution >= 4 is 29.2 Å². The summed E-state index contributed by atoms with van der Waals surface area (Å²) >= 11 is 5.42. The van der Waals surface area contributed by atoms with Gasteiger partial charge < -0.3 is 24.6 Å². The van der Waals surface area contributed by atoms with Gasteiger partial charge in [-0.05, 0) is 55.4 Å². The van der Waals surface area contributed by atoms with Crippen molar-refractivity contribution in [3.8, 4) is 5.75 Å². The van der Waals surface area contributed by atoms with E-state index in [4.69, 9.17) is 17.0 Å². The maximum absolute atomic E-state index is 12.5. The number of nitrogens with zero attached hydrogens (tertiary/aromatic N) is 2. The molecule has 2 heterocycles. The second-order valence-electron chi connectivity index (χ2n) is 8.05. The first-order chi connectivity index (χ1) is 14.5. The van der Waals surface area contributed by atoms with Crippen LogP contribution in [0.3, 0.4) is 0 Å². The maximum atomic E-state index is 12.5. The molecule has 164 valence electrons. The van der Waals surface area contributed by atoms with Gasteiger partial charge in [-0.1, -0.05) is 18.2 Å². The van der Waals surface area contributed by atoms with Crippen LogP contribution in [-0.4, -0.2) is 73.2 Å². The van der Waals surface area contributed by atoms with E-state index in [0.717, 1.165) is 57.6 Å². The van der Waals surface area contributed by atoms with Gasteiger partial charge in [0.15, 0.2) is 5.11 Å². The molecule has 8 heteroatoms. The minimum Gasteiger partial charge on any atom is -0.494 e. The molecule has 1 spiro atoms. The molecule has 0 aliphatic carbocycles. The third kappa shape index (κ3) is 6.08. The zero-order valence-corrected chi connectivity index (χ0v) is 18.4. The number of piperidine rings is 1. The van der Waals surface area contributed by atoms with E-state index in [0.29, 0.717) is 18.1 Å². The number of hydrogen-bond donors (Lipinski definition) is 1. The minimum atomic E-state index is -0.327. The van der Waals surface area contributed by atoms with E-state index in [1.807, 2.05) is 35.2 Å². The smallest absolute Gasteiger partial charge is 0.325 e. The fraction of sp³-hybridized carbons (Fsp3) is 0.591. The molecule has 1 amide bonds. The largest absolute Gasteiger partial charge is 0.494 e. The zero-order chi connectivity index (χ0) is 21.4. The van der Waals surface area contributed by atoms with Gasteiger partial charge in [0.05, 0.1) is 13.7 Å². The molecule has 0 bridgehead atoms. The molecule has 1 aromatic rings. The summed E-state index contributed by atoms with van der Waals surface area (Å²) in [6.45, 7) is 4.02. The van der Waals surface area contributed by atoms with Crippen molar-refractivity contribution in [2.45, 2.75) is 32.1 Å². The molecule has 0 saturated carbocycles. The number of ether oxygens (including phenoxy) is 2. The topological polar surface area (TPSA) is 71.1 Å². The number of rotatable bonds is 7. The van der Waals surface area contributed by atoms with Gasteiger partial charge in [-0.15, -0.1) is 0 Å². The van der Waals surface area contributed by atoms with Crippen LogP contribution in [0.25, 0.3) is 0 Å². The normalized spacial score (nSPS) is 17.6. The first kappa shape index (κ1) is 22.3. The molecule has 2 fully saturated rings. The van der Waals surface area contributed by atoms with Crippen LogP contribution < -0.4 is 10.1 Å². The van der Waals surface area contributed by atoms with E-state index >= 15 is 0 Å². The third-order valence-corrected chi connectivity index (χ3v) is 6.46. The van der Waals surface area contributed by atoms with Crippen LogP contribution in [-0.2, 0) is 14.3 Å². The van der Waals surface area contributed by atoms with Crippen LogP contribution in [0.4, 0.5) is 0 Å². The fourth-order valence-corrected chi connectivity index (χ4v) is 4.40. The van der Waals surface area contributed by atoms with Crippen molar-refractivity contribution in [1.29, 1.82) is 0 Å². The molecule has 0 unspecified atom stereocenters. The lowest BCUT2D eigenvalue weighted by atomic mass is 9.77. The molecule has 30 heavy (non-hydrogen) atoms. The van der Waals surface area contributed by atoms with Crippen LogP contribution in [0.15, 0.2) is 30.3 Å². The number of carbonyl (C=O) groups is 2. The van der Waals surface area contributed by atoms with Gasteiger partial charge >= 0.3 is 5.97 Å². The third-order valence-electron chi connectivity index (χ3n) is 6.06. The molecular formula is C22H31N3O4S. The van der Waals surface area contributed by atoms with Gasteiger partial charge in [0, 0.05) is 32.6 Å². The van der Waals surface area contributed by atoms with E-state index in [1.165, 1.54) is 7.11 Å². The number of amides is 1. The average molecular weight is 434 g/mol. The monoisotopic (exact) mass is 433 g/mol. The summed E-state index contributed by atoms with van der Waals surface area (Å²) in [5.41, 5.74) is 0.213. The number of thiocarbonyl (C=S) groups is 1. The average Bonchev–Trinajstić information content (AvgIpc) is 3.19. The summed E-state index contributed by atoms with van der Waals surface area (Å²) in [6.07, 6.45) is 4.31. The standard InChI is InChI=1S/C22H31N3O4S/c1-28-20(27)16-23-21(30)25-14-11-22(17-25)9-12-24(13-10-22)19(26)8-5-15-29-18-6-3-2-4-7-18/h2-4,6-7H,5,8-17H2,1H3,(H,23,30). The van der Waals surface area contributed by atoms with E-state index < -0.39 is 0 Å². The lowest BCUT2D eigenvalue weighted by molar-refractivity contribution is -0.139. The number of likely N-dealkylation sites (tertiary alicyclic amines) is 2. The summed E-state index contributed by atoms with van der Waals surface area (Å²) < 4.78 is 10.3. The summed E-state index contributed by atoms with van der Waals surface area (Å²) in [4.78, 5) is 28.0. The van der Waals surface area contributed by atoms with Crippen molar-refractivity contribution in [2.75, 3.05) is 46.4 Å². The highest BCUT2D eigenvalue weighted by molar-refractivity contribution is 7.80. The van der Waals surface area contributed by atoms with Crippen LogP contribution >= 0.6 is 12.2 Å². The maximum Gasteiger partial charge on any atom is 0.325 e. The molecule has 1 N–H and O–H groups in total. The predicted molar refractivity (Wildman–Crippen MR) is 118 cm³/mol.